The molecule has 5 atom stereocenters. The smallest absolute Gasteiger partial charge is 0.174 e. The molecule has 0 aromatic heterocycles. The third-order valence-electron chi connectivity index (χ3n) is 10.2. The summed E-state index contributed by atoms with van der Waals surface area (Å²) in [5.74, 6) is 1.45. The maximum absolute atomic E-state index is 11.3. The molecular weight excluding hydrogens is 398 g/mol. The van der Waals surface area contributed by atoms with Gasteiger partial charge in [-0.1, -0.05) is 37.6 Å². The lowest BCUT2D eigenvalue weighted by atomic mass is 9.44. The highest BCUT2D eigenvalue weighted by atomic mass is 16.7. The second kappa shape index (κ2) is 7.34. The Morgan fingerprint density at radius 3 is 2.41 bits per heavy atom. The molecule has 172 valence electrons. The van der Waals surface area contributed by atoms with Crippen LogP contribution in [-0.4, -0.2) is 24.1 Å². The fraction of sp³-hybridized carbons (Fsp3) is 0.679. The zero-order valence-corrected chi connectivity index (χ0v) is 19.7. The normalized spacial score (nSPS) is 41.3. The molecule has 1 unspecified atom stereocenters. The molecule has 1 N–H and O–H groups in total. The minimum Gasteiger partial charge on any atom is -0.510 e. The van der Waals surface area contributed by atoms with Crippen molar-refractivity contribution in [1.29, 1.82) is 5.26 Å². The number of aliphatic hydroxyl groups excluding tert-OH is 1. The van der Waals surface area contributed by atoms with Crippen molar-refractivity contribution in [2.75, 3.05) is 13.2 Å². The average molecular weight is 436 g/mol. The molecule has 1 aliphatic heterocycles. The largest absolute Gasteiger partial charge is 0.510 e. The van der Waals surface area contributed by atoms with Crippen LogP contribution in [0.2, 0.25) is 0 Å². The molecule has 0 radical (unpaired) electrons. The van der Waals surface area contributed by atoms with Crippen LogP contribution in [0.4, 0.5) is 0 Å². The maximum Gasteiger partial charge on any atom is 0.174 e. The summed E-state index contributed by atoms with van der Waals surface area (Å²) < 4.78 is 12.6. The van der Waals surface area contributed by atoms with E-state index in [-0.39, 0.29) is 16.6 Å². The Kier molecular flexibility index (Phi) is 5.04. The number of hydrogen-bond acceptors (Lipinski definition) is 4. The molecular formula is C28H37NO3. The first-order chi connectivity index (χ1) is 15.3. The number of allylic oxidation sites excluding steroid dienone is 5. The summed E-state index contributed by atoms with van der Waals surface area (Å²) in [4.78, 5) is 0. The lowest BCUT2D eigenvalue weighted by Crippen LogP contribution is -2.56. The first kappa shape index (κ1) is 22.0. The van der Waals surface area contributed by atoms with Gasteiger partial charge in [0.15, 0.2) is 5.79 Å². The summed E-state index contributed by atoms with van der Waals surface area (Å²) in [7, 11) is 0. The molecule has 3 fully saturated rings. The minimum absolute atomic E-state index is 0.0520. The molecule has 0 bridgehead atoms. The number of ether oxygens (including phenoxy) is 2. The van der Waals surface area contributed by atoms with Crippen LogP contribution >= 0.6 is 0 Å². The Hall–Kier alpha value is -1.83. The number of rotatable bonds is 4. The SMILES string of the molecule is C=CCC1(CC=C)C2=CCC3[C@H](CC[C@@]4(C)[C@H]3CCC43OCCO3)[C@@]2(C)CC(C#N)=C1O. The second-order valence-electron chi connectivity index (χ2n) is 11.3. The Bertz CT molecular complexity index is 923. The van der Waals surface area contributed by atoms with Crippen LogP contribution in [0.1, 0.15) is 65.2 Å². The Morgan fingerprint density at radius 2 is 1.78 bits per heavy atom. The highest BCUT2D eigenvalue weighted by molar-refractivity contribution is 5.47. The van der Waals surface area contributed by atoms with Crippen molar-refractivity contribution in [2.24, 2.45) is 34.0 Å². The molecule has 0 aromatic carbocycles. The van der Waals surface area contributed by atoms with Gasteiger partial charge >= 0.3 is 0 Å². The molecule has 4 nitrogen and oxygen atoms in total. The van der Waals surface area contributed by atoms with Crippen molar-refractivity contribution in [3.8, 4) is 6.07 Å². The van der Waals surface area contributed by atoms with E-state index in [2.05, 4.69) is 39.2 Å². The summed E-state index contributed by atoms with van der Waals surface area (Å²) in [5.41, 5.74) is 1.19. The number of aliphatic hydroxyl groups is 1. The van der Waals surface area contributed by atoms with Crippen LogP contribution < -0.4 is 0 Å². The third kappa shape index (κ3) is 2.56. The van der Waals surface area contributed by atoms with Crippen LogP contribution in [0.25, 0.3) is 0 Å². The second-order valence-corrected chi connectivity index (χ2v) is 11.3. The predicted octanol–water partition coefficient (Wildman–Crippen LogP) is 6.39. The lowest BCUT2D eigenvalue weighted by molar-refractivity contribution is -0.242. The van der Waals surface area contributed by atoms with Gasteiger partial charge in [0.25, 0.3) is 0 Å². The van der Waals surface area contributed by atoms with Gasteiger partial charge in [0.2, 0.25) is 0 Å². The van der Waals surface area contributed by atoms with E-state index in [4.69, 9.17) is 9.47 Å². The minimum atomic E-state index is -0.581. The summed E-state index contributed by atoms with van der Waals surface area (Å²) in [6.45, 7) is 14.2. The van der Waals surface area contributed by atoms with Crippen LogP contribution in [0.3, 0.4) is 0 Å². The summed E-state index contributed by atoms with van der Waals surface area (Å²) in [5, 5.41) is 21.3. The van der Waals surface area contributed by atoms with E-state index < -0.39 is 11.2 Å². The average Bonchev–Trinajstić information content (AvgIpc) is 3.37. The topological polar surface area (TPSA) is 62.5 Å². The Morgan fingerprint density at radius 1 is 1.12 bits per heavy atom. The van der Waals surface area contributed by atoms with Gasteiger partial charge in [-0.05, 0) is 68.1 Å². The summed E-state index contributed by atoms with van der Waals surface area (Å²) in [6, 6.07) is 2.37. The molecule has 1 saturated heterocycles. The standard InChI is InChI=1S/C28H37NO3/c1-5-11-27(12-6-2)23-8-7-20-21(25(23,3)17-19(18-29)24(27)30)9-13-26(4)22(20)10-14-28(26)31-15-16-32-28/h5-6,8,20-22,30H,1-2,7,9-17H2,3-4H3/t20?,21-,22-,25+,26-/m0/s1. The summed E-state index contributed by atoms with van der Waals surface area (Å²) >= 11 is 0. The van der Waals surface area contributed by atoms with E-state index in [1.807, 2.05) is 12.2 Å². The maximum atomic E-state index is 11.3. The van der Waals surface area contributed by atoms with Gasteiger partial charge in [0, 0.05) is 11.8 Å². The van der Waals surface area contributed by atoms with Gasteiger partial charge in [-0.25, -0.2) is 0 Å². The van der Waals surface area contributed by atoms with Crippen molar-refractivity contribution in [1.82, 2.24) is 0 Å². The Balaban J connectivity index is 1.59. The predicted molar refractivity (Wildman–Crippen MR) is 124 cm³/mol. The third-order valence-corrected chi connectivity index (χ3v) is 10.2. The van der Waals surface area contributed by atoms with Crippen LogP contribution in [0.5, 0.6) is 0 Å². The number of nitrogens with zero attached hydrogens (tertiary/aromatic N) is 1. The quantitative estimate of drug-likeness (QED) is 0.520. The molecule has 0 amide bonds. The van der Waals surface area contributed by atoms with E-state index in [9.17, 15) is 10.4 Å². The van der Waals surface area contributed by atoms with Gasteiger partial charge in [-0.2, -0.15) is 5.26 Å². The van der Waals surface area contributed by atoms with E-state index in [0.717, 1.165) is 32.1 Å². The van der Waals surface area contributed by atoms with Crippen molar-refractivity contribution in [2.45, 2.75) is 71.0 Å². The van der Waals surface area contributed by atoms with Crippen LogP contribution in [0, 0.1) is 45.3 Å². The number of fused-ring (bicyclic) bond motifs is 6. The van der Waals surface area contributed by atoms with E-state index in [1.54, 1.807) is 0 Å². The molecule has 32 heavy (non-hydrogen) atoms. The molecule has 4 aliphatic carbocycles. The zero-order chi connectivity index (χ0) is 22.8. The molecule has 2 saturated carbocycles. The van der Waals surface area contributed by atoms with Gasteiger partial charge in [-0.15, -0.1) is 13.2 Å². The molecule has 4 heteroatoms. The van der Waals surface area contributed by atoms with E-state index in [0.29, 0.717) is 55.8 Å². The fourth-order valence-corrected chi connectivity index (χ4v) is 8.90. The lowest BCUT2D eigenvalue weighted by Gasteiger charge is -2.60. The first-order valence-corrected chi connectivity index (χ1v) is 12.4. The van der Waals surface area contributed by atoms with Crippen molar-refractivity contribution >= 4 is 0 Å². The highest BCUT2D eigenvalue weighted by Crippen LogP contribution is 2.71. The monoisotopic (exact) mass is 435 g/mol. The first-order valence-electron chi connectivity index (χ1n) is 12.4. The Labute approximate surface area is 192 Å². The number of hydrogen-bond donors (Lipinski definition) is 1. The van der Waals surface area contributed by atoms with Gasteiger partial charge in [-0.3, -0.25) is 0 Å². The number of nitriles is 1. The van der Waals surface area contributed by atoms with Crippen molar-refractivity contribution in [3.63, 3.8) is 0 Å². The molecule has 5 aliphatic rings. The molecule has 1 spiro atoms. The van der Waals surface area contributed by atoms with Crippen LogP contribution in [-0.2, 0) is 9.47 Å². The van der Waals surface area contributed by atoms with Gasteiger partial charge < -0.3 is 14.6 Å². The highest BCUT2D eigenvalue weighted by Gasteiger charge is 2.67. The van der Waals surface area contributed by atoms with Crippen molar-refractivity contribution in [3.05, 3.63) is 48.3 Å². The molecule has 0 aromatic rings. The summed E-state index contributed by atoms with van der Waals surface area (Å²) in [6.07, 6.45) is 13.4. The molecule has 1 heterocycles. The van der Waals surface area contributed by atoms with Crippen molar-refractivity contribution < 1.29 is 14.6 Å². The van der Waals surface area contributed by atoms with Crippen LogP contribution in [0.15, 0.2) is 48.3 Å². The van der Waals surface area contributed by atoms with E-state index in [1.165, 1.54) is 5.57 Å². The fourth-order valence-electron chi connectivity index (χ4n) is 8.90. The molecule has 5 rings (SSSR count). The van der Waals surface area contributed by atoms with E-state index >= 15 is 0 Å². The van der Waals surface area contributed by atoms with Gasteiger partial charge in [0.05, 0.1) is 30.3 Å². The zero-order valence-electron chi connectivity index (χ0n) is 19.7. The van der Waals surface area contributed by atoms with Gasteiger partial charge in [0.1, 0.15) is 5.76 Å².